The zero-order valence-electron chi connectivity index (χ0n) is 18.4. The number of thioether (sulfide) groups is 1. The van der Waals surface area contributed by atoms with Crippen molar-refractivity contribution in [2.75, 3.05) is 25.3 Å². The fourth-order valence-electron chi connectivity index (χ4n) is 3.33. The number of methoxy groups -OCH3 is 2. The predicted molar refractivity (Wildman–Crippen MR) is 130 cm³/mol. The molecule has 7 nitrogen and oxygen atoms in total. The van der Waals surface area contributed by atoms with Crippen LogP contribution in [0.4, 0.5) is 5.69 Å². The van der Waals surface area contributed by atoms with Crippen LogP contribution < -0.4 is 14.8 Å². The molecule has 0 unspecified atom stereocenters. The highest BCUT2D eigenvalue weighted by Gasteiger charge is 2.18. The molecule has 0 aliphatic carbocycles. The number of anilines is 1. The van der Waals surface area contributed by atoms with Crippen molar-refractivity contribution in [1.82, 2.24) is 14.8 Å². The molecule has 0 bridgehead atoms. The Kier molecular flexibility index (Phi) is 7.26. The summed E-state index contributed by atoms with van der Waals surface area (Å²) in [6.45, 7) is 0.573. The molecule has 3 aromatic carbocycles. The van der Waals surface area contributed by atoms with Gasteiger partial charge in [-0.3, -0.25) is 9.36 Å². The van der Waals surface area contributed by atoms with Crippen LogP contribution in [-0.2, 0) is 11.3 Å². The lowest BCUT2D eigenvalue weighted by Gasteiger charge is -2.12. The van der Waals surface area contributed by atoms with E-state index < -0.39 is 0 Å². The number of benzene rings is 3. The van der Waals surface area contributed by atoms with Gasteiger partial charge in [0.15, 0.2) is 11.0 Å². The highest BCUT2D eigenvalue weighted by atomic mass is 32.2. The van der Waals surface area contributed by atoms with Crippen LogP contribution in [0, 0.1) is 0 Å². The molecule has 1 amide bonds. The Hall–Kier alpha value is -3.78. The number of nitrogens with zero attached hydrogens (tertiary/aromatic N) is 3. The fourth-order valence-corrected chi connectivity index (χ4v) is 4.07. The van der Waals surface area contributed by atoms with Crippen LogP contribution >= 0.6 is 11.8 Å². The van der Waals surface area contributed by atoms with E-state index in [2.05, 4.69) is 27.6 Å². The van der Waals surface area contributed by atoms with Crippen LogP contribution in [0.25, 0.3) is 11.4 Å². The van der Waals surface area contributed by atoms with Crippen LogP contribution in [0.5, 0.6) is 11.5 Å². The number of nitrogens with one attached hydrogen (secondary N) is 1. The first-order chi connectivity index (χ1) is 16.2. The fraction of sp³-hybridized carbons (Fsp3) is 0.160. The molecule has 168 valence electrons. The molecule has 0 aliphatic rings. The van der Waals surface area contributed by atoms with Gasteiger partial charge in [0.05, 0.1) is 32.1 Å². The molecule has 33 heavy (non-hydrogen) atoms. The Labute approximate surface area is 196 Å². The van der Waals surface area contributed by atoms with Crippen molar-refractivity contribution < 1.29 is 14.3 Å². The van der Waals surface area contributed by atoms with E-state index in [0.717, 1.165) is 16.9 Å². The van der Waals surface area contributed by atoms with Gasteiger partial charge in [0.25, 0.3) is 0 Å². The summed E-state index contributed by atoms with van der Waals surface area (Å²) in [6.07, 6.45) is 0. The van der Waals surface area contributed by atoms with Gasteiger partial charge in [-0.15, -0.1) is 10.2 Å². The first-order valence-electron chi connectivity index (χ1n) is 10.3. The van der Waals surface area contributed by atoms with E-state index in [1.807, 2.05) is 47.0 Å². The quantitative estimate of drug-likeness (QED) is 0.364. The molecule has 1 N–H and O–H groups in total. The lowest BCUT2D eigenvalue weighted by Crippen LogP contribution is -2.14. The van der Waals surface area contributed by atoms with Crippen molar-refractivity contribution in [1.29, 1.82) is 0 Å². The van der Waals surface area contributed by atoms with Gasteiger partial charge in [-0.2, -0.15) is 0 Å². The molecule has 1 heterocycles. The van der Waals surface area contributed by atoms with Crippen molar-refractivity contribution in [3.63, 3.8) is 0 Å². The summed E-state index contributed by atoms with van der Waals surface area (Å²) in [4.78, 5) is 12.5. The van der Waals surface area contributed by atoms with Crippen molar-refractivity contribution in [3.05, 3.63) is 84.4 Å². The molecule has 4 aromatic rings. The van der Waals surface area contributed by atoms with Crippen LogP contribution in [0.15, 0.2) is 84.0 Å². The summed E-state index contributed by atoms with van der Waals surface area (Å²) in [5.74, 6) is 2.21. The van der Waals surface area contributed by atoms with Gasteiger partial charge in [0, 0.05) is 5.69 Å². The number of amides is 1. The molecule has 0 atom stereocenters. The first kappa shape index (κ1) is 22.4. The minimum atomic E-state index is -0.127. The summed E-state index contributed by atoms with van der Waals surface area (Å²) in [5, 5.41) is 12.4. The number of aromatic nitrogens is 3. The summed E-state index contributed by atoms with van der Waals surface area (Å²) in [6, 6.07) is 25.0. The Morgan fingerprint density at radius 3 is 2.36 bits per heavy atom. The van der Waals surface area contributed by atoms with Crippen molar-refractivity contribution in [3.8, 4) is 22.9 Å². The first-order valence-corrected chi connectivity index (χ1v) is 11.3. The van der Waals surface area contributed by atoms with E-state index in [0.29, 0.717) is 29.0 Å². The maximum absolute atomic E-state index is 12.5. The van der Waals surface area contributed by atoms with E-state index in [9.17, 15) is 4.79 Å². The summed E-state index contributed by atoms with van der Waals surface area (Å²) >= 11 is 1.34. The van der Waals surface area contributed by atoms with E-state index in [4.69, 9.17) is 9.47 Å². The normalized spacial score (nSPS) is 10.6. The van der Waals surface area contributed by atoms with Crippen molar-refractivity contribution in [2.45, 2.75) is 11.7 Å². The highest BCUT2D eigenvalue weighted by Crippen LogP contribution is 2.31. The van der Waals surface area contributed by atoms with Gasteiger partial charge in [0.1, 0.15) is 11.5 Å². The largest absolute Gasteiger partial charge is 0.497 e. The maximum Gasteiger partial charge on any atom is 0.234 e. The van der Waals surface area contributed by atoms with Gasteiger partial charge in [-0.25, -0.2) is 0 Å². The Morgan fingerprint density at radius 2 is 1.64 bits per heavy atom. The Morgan fingerprint density at radius 1 is 0.909 bits per heavy atom. The van der Waals surface area contributed by atoms with Gasteiger partial charge in [-0.1, -0.05) is 54.2 Å². The molecule has 0 spiro atoms. The number of ether oxygens (including phenoxy) is 2. The molecule has 0 aliphatic heterocycles. The summed E-state index contributed by atoms with van der Waals surface area (Å²) < 4.78 is 12.7. The maximum atomic E-state index is 12.5. The molecule has 0 saturated carbocycles. The topological polar surface area (TPSA) is 78.3 Å². The average molecular weight is 461 g/mol. The number of para-hydroxylation sites is 1. The zero-order chi connectivity index (χ0) is 23.0. The number of carbonyl (C=O) groups excluding carboxylic acids is 1. The molecule has 0 saturated heterocycles. The van der Waals surface area contributed by atoms with Crippen LogP contribution in [0.1, 0.15) is 5.56 Å². The Balaban J connectivity index is 1.55. The smallest absolute Gasteiger partial charge is 0.234 e. The minimum Gasteiger partial charge on any atom is -0.497 e. The minimum absolute atomic E-state index is 0.127. The molecule has 8 heteroatoms. The van der Waals surface area contributed by atoms with Gasteiger partial charge in [-0.05, 0) is 42.0 Å². The summed E-state index contributed by atoms with van der Waals surface area (Å²) in [5.41, 5.74) is 2.66. The van der Waals surface area contributed by atoms with E-state index in [1.165, 1.54) is 11.8 Å². The SMILES string of the molecule is COc1ccc(NC(=O)CSc2nnc(-c3ccccc3OC)n2Cc2ccccc2)cc1. The van der Waals surface area contributed by atoms with Crippen LogP contribution in [0.2, 0.25) is 0 Å². The number of carbonyl (C=O) groups is 1. The van der Waals surface area contributed by atoms with Crippen LogP contribution in [-0.4, -0.2) is 40.6 Å². The number of rotatable bonds is 9. The second-order valence-corrected chi connectivity index (χ2v) is 8.09. The van der Waals surface area contributed by atoms with Crippen molar-refractivity contribution >= 4 is 23.4 Å². The third kappa shape index (κ3) is 5.53. The third-order valence-corrected chi connectivity index (χ3v) is 5.92. The molecule has 0 radical (unpaired) electrons. The lowest BCUT2D eigenvalue weighted by molar-refractivity contribution is -0.113. The van der Waals surface area contributed by atoms with E-state index in [1.54, 1.807) is 38.5 Å². The second kappa shape index (κ2) is 10.7. The van der Waals surface area contributed by atoms with Crippen LogP contribution in [0.3, 0.4) is 0 Å². The molecular weight excluding hydrogens is 436 g/mol. The highest BCUT2D eigenvalue weighted by molar-refractivity contribution is 7.99. The predicted octanol–water partition coefficient (Wildman–Crippen LogP) is 4.74. The Bertz CT molecular complexity index is 1210. The number of hydrogen-bond donors (Lipinski definition) is 1. The molecular formula is C25H24N4O3S. The average Bonchev–Trinajstić information content (AvgIpc) is 3.25. The molecule has 4 rings (SSSR count). The van der Waals surface area contributed by atoms with Gasteiger partial charge >= 0.3 is 0 Å². The monoisotopic (exact) mass is 460 g/mol. The molecule has 1 aromatic heterocycles. The molecule has 0 fully saturated rings. The van der Waals surface area contributed by atoms with E-state index >= 15 is 0 Å². The standard InChI is InChI=1S/C25H24N4O3S/c1-31-20-14-12-19(13-15-20)26-23(30)17-33-25-28-27-24(21-10-6-7-11-22(21)32-2)29(25)16-18-8-4-3-5-9-18/h3-15H,16-17H2,1-2H3,(H,26,30). The zero-order valence-corrected chi connectivity index (χ0v) is 19.2. The van der Waals surface area contributed by atoms with Crippen molar-refractivity contribution in [2.24, 2.45) is 0 Å². The number of hydrogen-bond acceptors (Lipinski definition) is 6. The lowest BCUT2D eigenvalue weighted by atomic mass is 10.1. The summed E-state index contributed by atoms with van der Waals surface area (Å²) in [7, 11) is 3.24. The van der Waals surface area contributed by atoms with Gasteiger partial charge < -0.3 is 14.8 Å². The third-order valence-electron chi connectivity index (χ3n) is 4.95. The van der Waals surface area contributed by atoms with E-state index in [-0.39, 0.29) is 11.7 Å². The second-order valence-electron chi connectivity index (χ2n) is 7.14. The van der Waals surface area contributed by atoms with Gasteiger partial charge in [0.2, 0.25) is 5.91 Å².